The van der Waals surface area contributed by atoms with Crippen LogP contribution in [0.4, 0.5) is 13.2 Å². The number of halogens is 3. The maximum atomic E-state index is 12.9. The minimum absolute atomic E-state index is 0.0239. The summed E-state index contributed by atoms with van der Waals surface area (Å²) in [4.78, 5) is 10.6. The SMILES string of the molecule is Cn1ccc2ccc(C(CC(=O)O)C(F)(F)F)cc21. The summed E-state index contributed by atoms with van der Waals surface area (Å²) < 4.78 is 40.5. The van der Waals surface area contributed by atoms with Crippen LogP contribution in [0.1, 0.15) is 17.9 Å². The molecule has 1 atom stereocenters. The molecule has 102 valence electrons. The molecule has 1 aromatic heterocycles. The maximum absolute atomic E-state index is 12.9. The van der Waals surface area contributed by atoms with Gasteiger partial charge in [-0.25, -0.2) is 0 Å². The second kappa shape index (κ2) is 4.60. The summed E-state index contributed by atoms with van der Waals surface area (Å²) in [5, 5.41) is 9.45. The molecule has 0 spiro atoms. The Morgan fingerprint density at radius 3 is 2.63 bits per heavy atom. The molecular weight excluding hydrogens is 259 g/mol. The van der Waals surface area contributed by atoms with Crippen molar-refractivity contribution in [2.75, 3.05) is 0 Å². The van der Waals surface area contributed by atoms with Crippen LogP contribution in [0.3, 0.4) is 0 Å². The highest BCUT2D eigenvalue weighted by Gasteiger charge is 2.42. The van der Waals surface area contributed by atoms with Gasteiger partial charge in [0.2, 0.25) is 0 Å². The third-order valence-corrected chi connectivity index (χ3v) is 3.09. The predicted octanol–water partition coefficient (Wildman–Crippen LogP) is 3.30. The Bertz CT molecular complexity index is 616. The molecule has 1 unspecified atom stereocenters. The molecule has 0 amide bonds. The van der Waals surface area contributed by atoms with Crippen LogP contribution in [-0.4, -0.2) is 21.8 Å². The number of benzene rings is 1. The molecule has 1 N–H and O–H groups in total. The van der Waals surface area contributed by atoms with E-state index in [9.17, 15) is 18.0 Å². The number of carboxylic acids is 1. The van der Waals surface area contributed by atoms with Gasteiger partial charge in [0, 0.05) is 18.8 Å². The molecule has 0 aliphatic rings. The number of aryl methyl sites for hydroxylation is 1. The van der Waals surface area contributed by atoms with Gasteiger partial charge in [0.1, 0.15) is 0 Å². The van der Waals surface area contributed by atoms with Crippen LogP contribution in [-0.2, 0) is 11.8 Å². The zero-order valence-corrected chi connectivity index (χ0v) is 10.1. The van der Waals surface area contributed by atoms with E-state index in [2.05, 4.69) is 0 Å². The van der Waals surface area contributed by atoms with E-state index in [0.29, 0.717) is 5.52 Å². The van der Waals surface area contributed by atoms with Crippen molar-refractivity contribution in [2.24, 2.45) is 7.05 Å². The molecule has 2 aromatic rings. The van der Waals surface area contributed by atoms with Crippen LogP contribution in [0.15, 0.2) is 30.5 Å². The zero-order chi connectivity index (χ0) is 14.2. The first-order valence-electron chi connectivity index (χ1n) is 5.62. The summed E-state index contributed by atoms with van der Waals surface area (Å²) in [5.74, 6) is -3.45. The number of carboxylic acid groups (broad SMARTS) is 1. The predicted molar refractivity (Wildman–Crippen MR) is 64.0 cm³/mol. The number of hydrogen-bond acceptors (Lipinski definition) is 1. The van der Waals surface area contributed by atoms with Gasteiger partial charge >= 0.3 is 12.1 Å². The Hall–Kier alpha value is -1.98. The summed E-state index contributed by atoms with van der Waals surface area (Å²) in [6, 6.07) is 6.10. The largest absolute Gasteiger partial charge is 0.481 e. The van der Waals surface area contributed by atoms with Crippen molar-refractivity contribution in [3.63, 3.8) is 0 Å². The Kier molecular flexibility index (Phi) is 3.26. The normalized spacial score (nSPS) is 13.7. The van der Waals surface area contributed by atoms with Gasteiger partial charge in [-0.2, -0.15) is 13.2 Å². The van der Waals surface area contributed by atoms with Gasteiger partial charge in [-0.3, -0.25) is 4.79 Å². The van der Waals surface area contributed by atoms with Crippen molar-refractivity contribution in [2.45, 2.75) is 18.5 Å². The minimum atomic E-state index is -4.57. The smallest absolute Gasteiger partial charge is 0.396 e. The van der Waals surface area contributed by atoms with Crippen LogP contribution >= 0.6 is 0 Å². The quantitative estimate of drug-likeness (QED) is 0.930. The topological polar surface area (TPSA) is 42.2 Å². The third kappa shape index (κ3) is 2.72. The van der Waals surface area contributed by atoms with Crippen LogP contribution in [0, 0.1) is 0 Å². The number of aromatic nitrogens is 1. The Morgan fingerprint density at radius 1 is 1.37 bits per heavy atom. The number of aliphatic carboxylic acids is 1. The molecule has 0 aliphatic carbocycles. The molecule has 0 fully saturated rings. The number of fused-ring (bicyclic) bond motifs is 1. The van der Waals surface area contributed by atoms with Crippen molar-refractivity contribution in [1.82, 2.24) is 4.57 Å². The van der Waals surface area contributed by atoms with Crippen LogP contribution < -0.4 is 0 Å². The molecule has 1 heterocycles. The Morgan fingerprint density at radius 2 is 2.05 bits per heavy atom. The van der Waals surface area contributed by atoms with Crippen molar-refractivity contribution in [3.8, 4) is 0 Å². The molecule has 2 rings (SSSR count). The second-order valence-electron chi connectivity index (χ2n) is 4.44. The standard InChI is InChI=1S/C13H12F3NO2/c1-17-5-4-8-2-3-9(6-11(8)17)10(7-12(18)19)13(14,15)16/h2-6,10H,7H2,1H3,(H,18,19). The molecule has 0 radical (unpaired) electrons. The van der Waals surface area contributed by atoms with E-state index in [0.717, 1.165) is 5.39 Å². The molecule has 1 aromatic carbocycles. The van der Waals surface area contributed by atoms with E-state index in [1.54, 1.807) is 29.9 Å². The summed E-state index contributed by atoms with van der Waals surface area (Å²) in [6.07, 6.45) is -3.79. The van der Waals surface area contributed by atoms with Gasteiger partial charge < -0.3 is 9.67 Å². The second-order valence-corrected chi connectivity index (χ2v) is 4.44. The van der Waals surface area contributed by atoms with Gasteiger partial charge in [-0.05, 0) is 23.1 Å². The fourth-order valence-electron chi connectivity index (χ4n) is 2.09. The fourth-order valence-corrected chi connectivity index (χ4v) is 2.09. The van der Waals surface area contributed by atoms with Gasteiger partial charge in [0.05, 0.1) is 12.3 Å². The number of nitrogens with zero attached hydrogens (tertiary/aromatic N) is 1. The fraction of sp³-hybridized carbons (Fsp3) is 0.308. The Labute approximate surface area is 107 Å². The van der Waals surface area contributed by atoms with E-state index in [-0.39, 0.29) is 5.56 Å². The monoisotopic (exact) mass is 271 g/mol. The molecule has 3 nitrogen and oxygen atoms in total. The Balaban J connectivity index is 2.49. The lowest BCUT2D eigenvalue weighted by molar-refractivity contribution is -0.163. The molecule has 19 heavy (non-hydrogen) atoms. The molecule has 0 saturated heterocycles. The molecule has 0 saturated carbocycles. The molecule has 0 bridgehead atoms. The van der Waals surface area contributed by atoms with Crippen molar-refractivity contribution >= 4 is 16.9 Å². The van der Waals surface area contributed by atoms with Gasteiger partial charge in [0.25, 0.3) is 0 Å². The first-order valence-corrected chi connectivity index (χ1v) is 5.62. The number of carbonyl (C=O) groups is 1. The van der Waals surface area contributed by atoms with Gasteiger partial charge in [-0.1, -0.05) is 12.1 Å². The van der Waals surface area contributed by atoms with Crippen molar-refractivity contribution < 1.29 is 23.1 Å². The van der Waals surface area contributed by atoms with Crippen LogP contribution in [0.2, 0.25) is 0 Å². The highest BCUT2D eigenvalue weighted by molar-refractivity contribution is 5.81. The molecule has 0 aliphatic heterocycles. The molecular formula is C13H12F3NO2. The van der Waals surface area contributed by atoms with Gasteiger partial charge in [0.15, 0.2) is 0 Å². The van der Waals surface area contributed by atoms with Crippen molar-refractivity contribution in [1.29, 1.82) is 0 Å². The summed E-state index contributed by atoms with van der Waals surface area (Å²) in [7, 11) is 1.73. The van der Waals surface area contributed by atoms with E-state index in [1.165, 1.54) is 12.1 Å². The number of alkyl halides is 3. The minimum Gasteiger partial charge on any atom is -0.481 e. The maximum Gasteiger partial charge on any atom is 0.396 e. The highest BCUT2D eigenvalue weighted by Crippen LogP contribution is 2.38. The average Bonchev–Trinajstić information content (AvgIpc) is 2.66. The van der Waals surface area contributed by atoms with E-state index in [4.69, 9.17) is 5.11 Å². The number of hydrogen-bond donors (Lipinski definition) is 1. The lowest BCUT2D eigenvalue weighted by Gasteiger charge is -2.19. The van der Waals surface area contributed by atoms with Crippen LogP contribution in [0.25, 0.3) is 10.9 Å². The first-order chi connectivity index (χ1) is 8.79. The first kappa shape index (κ1) is 13.5. The van der Waals surface area contributed by atoms with Crippen LogP contribution in [0.5, 0.6) is 0 Å². The lowest BCUT2D eigenvalue weighted by Crippen LogP contribution is -2.23. The zero-order valence-electron chi connectivity index (χ0n) is 10.1. The van der Waals surface area contributed by atoms with E-state index in [1.807, 2.05) is 0 Å². The third-order valence-electron chi connectivity index (χ3n) is 3.09. The molecule has 6 heteroatoms. The number of rotatable bonds is 3. The summed E-state index contributed by atoms with van der Waals surface area (Å²) in [6.45, 7) is 0. The lowest BCUT2D eigenvalue weighted by atomic mass is 9.94. The van der Waals surface area contributed by atoms with E-state index < -0.39 is 24.5 Å². The average molecular weight is 271 g/mol. The highest BCUT2D eigenvalue weighted by atomic mass is 19.4. The summed E-state index contributed by atoms with van der Waals surface area (Å²) >= 11 is 0. The van der Waals surface area contributed by atoms with Crippen molar-refractivity contribution in [3.05, 3.63) is 36.0 Å². The summed E-state index contributed by atoms with van der Waals surface area (Å²) in [5.41, 5.74) is 0.626. The van der Waals surface area contributed by atoms with E-state index >= 15 is 0 Å². The van der Waals surface area contributed by atoms with Gasteiger partial charge in [-0.15, -0.1) is 0 Å².